The number of aromatic nitrogens is 2. The number of rotatable bonds is 10. The molecule has 0 fully saturated rings. The number of methoxy groups -OCH3 is 1. The molecule has 0 aliphatic rings. The standard InChI is InChI=1S/C22H24N6O6S/c1-4-27(5-2)35(32,33)18-12-10-17(11-13-18)26-21-19(28(30)31)20(23-14-24-21)25-16-8-6-15(7-9-16)22(29)34-3/h6-14H,4-5H2,1-3H3,(H2,23,24,25,26). The first-order chi connectivity index (χ1) is 16.7. The molecule has 184 valence electrons. The van der Waals surface area contributed by atoms with Crippen LogP contribution in [0.5, 0.6) is 0 Å². The van der Waals surface area contributed by atoms with Crippen molar-refractivity contribution in [2.45, 2.75) is 18.7 Å². The summed E-state index contributed by atoms with van der Waals surface area (Å²) in [6, 6.07) is 12.0. The number of nitro groups is 1. The number of carbonyl (C=O) groups is 1. The van der Waals surface area contributed by atoms with Crippen LogP contribution in [-0.4, -0.2) is 53.8 Å². The first kappa shape index (κ1) is 25.5. The van der Waals surface area contributed by atoms with Crippen LogP contribution in [0.3, 0.4) is 0 Å². The van der Waals surface area contributed by atoms with E-state index in [4.69, 9.17) is 0 Å². The van der Waals surface area contributed by atoms with E-state index in [0.29, 0.717) is 30.0 Å². The fraction of sp³-hybridized carbons (Fsp3) is 0.227. The van der Waals surface area contributed by atoms with Gasteiger partial charge in [0.25, 0.3) is 0 Å². The molecule has 0 aliphatic heterocycles. The van der Waals surface area contributed by atoms with Gasteiger partial charge in [0.2, 0.25) is 21.7 Å². The molecule has 0 saturated heterocycles. The van der Waals surface area contributed by atoms with Crippen LogP contribution < -0.4 is 10.6 Å². The second-order valence-corrected chi connectivity index (χ2v) is 9.05. The Kier molecular flexibility index (Phi) is 7.94. The molecule has 0 amide bonds. The summed E-state index contributed by atoms with van der Waals surface area (Å²) < 4.78 is 31.3. The lowest BCUT2D eigenvalue weighted by Crippen LogP contribution is -2.30. The van der Waals surface area contributed by atoms with E-state index in [1.54, 1.807) is 26.0 Å². The molecular formula is C22H24N6O6S. The van der Waals surface area contributed by atoms with E-state index in [1.807, 2.05) is 0 Å². The van der Waals surface area contributed by atoms with Gasteiger partial charge in [-0.3, -0.25) is 10.1 Å². The van der Waals surface area contributed by atoms with E-state index in [-0.39, 0.29) is 16.5 Å². The Morgan fingerprint density at radius 1 is 0.971 bits per heavy atom. The second kappa shape index (κ2) is 10.9. The molecule has 1 heterocycles. The van der Waals surface area contributed by atoms with Crippen LogP contribution in [0.4, 0.5) is 28.7 Å². The zero-order valence-electron chi connectivity index (χ0n) is 19.3. The minimum absolute atomic E-state index is 0.0703. The van der Waals surface area contributed by atoms with Gasteiger partial charge in [0.15, 0.2) is 0 Å². The third-order valence-electron chi connectivity index (χ3n) is 5.03. The highest BCUT2D eigenvalue weighted by atomic mass is 32.2. The molecule has 2 N–H and O–H groups in total. The fourth-order valence-corrected chi connectivity index (χ4v) is 4.70. The molecule has 0 saturated carbocycles. The van der Waals surface area contributed by atoms with Gasteiger partial charge < -0.3 is 15.4 Å². The van der Waals surface area contributed by atoms with Crippen LogP contribution in [0.15, 0.2) is 59.8 Å². The minimum atomic E-state index is -3.63. The third kappa shape index (κ3) is 5.70. The maximum Gasteiger partial charge on any atom is 0.353 e. The Labute approximate surface area is 202 Å². The van der Waals surface area contributed by atoms with Crippen LogP contribution in [0.25, 0.3) is 0 Å². The van der Waals surface area contributed by atoms with Crippen molar-refractivity contribution in [2.75, 3.05) is 30.8 Å². The van der Waals surface area contributed by atoms with E-state index in [0.717, 1.165) is 6.33 Å². The summed E-state index contributed by atoms with van der Waals surface area (Å²) in [5, 5.41) is 17.5. The van der Waals surface area contributed by atoms with Crippen LogP contribution in [0.2, 0.25) is 0 Å². The monoisotopic (exact) mass is 500 g/mol. The van der Waals surface area contributed by atoms with Gasteiger partial charge in [-0.25, -0.2) is 23.2 Å². The van der Waals surface area contributed by atoms with Gasteiger partial charge in [0, 0.05) is 24.5 Å². The molecule has 3 aromatic rings. The largest absolute Gasteiger partial charge is 0.465 e. The van der Waals surface area contributed by atoms with Gasteiger partial charge in [0.05, 0.1) is 22.5 Å². The van der Waals surface area contributed by atoms with Crippen molar-refractivity contribution < 1.29 is 22.9 Å². The number of sulfonamides is 1. The lowest BCUT2D eigenvalue weighted by Gasteiger charge is -2.18. The number of hydrogen-bond donors (Lipinski definition) is 2. The van der Waals surface area contributed by atoms with Crippen molar-refractivity contribution >= 4 is 44.7 Å². The van der Waals surface area contributed by atoms with E-state index < -0.39 is 26.6 Å². The first-order valence-corrected chi connectivity index (χ1v) is 12.0. The van der Waals surface area contributed by atoms with Gasteiger partial charge in [-0.05, 0) is 48.5 Å². The van der Waals surface area contributed by atoms with Crippen LogP contribution in [-0.2, 0) is 14.8 Å². The summed E-state index contributed by atoms with van der Waals surface area (Å²) in [5.74, 6) is -0.663. The average Bonchev–Trinajstić information content (AvgIpc) is 2.85. The highest BCUT2D eigenvalue weighted by molar-refractivity contribution is 7.89. The highest BCUT2D eigenvalue weighted by Crippen LogP contribution is 2.33. The minimum Gasteiger partial charge on any atom is -0.465 e. The number of nitrogens with zero attached hydrogens (tertiary/aromatic N) is 4. The van der Waals surface area contributed by atoms with Crippen molar-refractivity contribution in [3.63, 3.8) is 0 Å². The van der Waals surface area contributed by atoms with E-state index >= 15 is 0 Å². The topological polar surface area (TPSA) is 157 Å². The van der Waals surface area contributed by atoms with E-state index in [2.05, 4.69) is 25.3 Å². The van der Waals surface area contributed by atoms with Crippen molar-refractivity contribution in [1.29, 1.82) is 0 Å². The SMILES string of the molecule is CCN(CC)S(=O)(=O)c1ccc(Nc2ncnc(Nc3ccc(C(=O)OC)cc3)c2[N+](=O)[O-])cc1. The number of esters is 1. The molecular weight excluding hydrogens is 476 g/mol. The number of ether oxygens (including phenoxy) is 1. The molecule has 0 atom stereocenters. The lowest BCUT2D eigenvalue weighted by molar-refractivity contribution is -0.383. The smallest absolute Gasteiger partial charge is 0.353 e. The van der Waals surface area contributed by atoms with Crippen LogP contribution in [0.1, 0.15) is 24.2 Å². The summed E-state index contributed by atoms with van der Waals surface area (Å²) in [6.45, 7) is 4.19. The van der Waals surface area contributed by atoms with E-state index in [9.17, 15) is 23.3 Å². The number of carbonyl (C=O) groups excluding carboxylic acids is 1. The fourth-order valence-electron chi connectivity index (χ4n) is 3.24. The summed E-state index contributed by atoms with van der Waals surface area (Å²) in [7, 11) is -2.36. The molecule has 0 unspecified atom stereocenters. The lowest BCUT2D eigenvalue weighted by atomic mass is 10.2. The Balaban J connectivity index is 1.86. The molecule has 35 heavy (non-hydrogen) atoms. The first-order valence-electron chi connectivity index (χ1n) is 10.5. The molecule has 12 nitrogen and oxygen atoms in total. The molecule has 0 bridgehead atoms. The molecule has 3 rings (SSSR count). The predicted octanol–water partition coefficient (Wildman–Crippen LogP) is 3.69. The van der Waals surface area contributed by atoms with Crippen molar-refractivity contribution in [3.05, 3.63) is 70.5 Å². The molecule has 2 aromatic carbocycles. The van der Waals surface area contributed by atoms with Crippen molar-refractivity contribution in [2.24, 2.45) is 0 Å². The molecule has 1 aromatic heterocycles. The number of hydrogen-bond acceptors (Lipinski definition) is 10. The van der Waals surface area contributed by atoms with Crippen molar-refractivity contribution in [1.82, 2.24) is 14.3 Å². The predicted molar refractivity (Wildman–Crippen MR) is 130 cm³/mol. The number of nitrogens with one attached hydrogen (secondary N) is 2. The Morgan fingerprint density at radius 2 is 1.46 bits per heavy atom. The quantitative estimate of drug-likeness (QED) is 0.239. The Bertz CT molecular complexity index is 1310. The maximum absolute atomic E-state index is 12.7. The summed E-state index contributed by atoms with van der Waals surface area (Å²) in [5.41, 5.74) is 0.767. The molecule has 0 radical (unpaired) electrons. The van der Waals surface area contributed by atoms with Crippen LogP contribution in [0, 0.1) is 10.1 Å². The average molecular weight is 501 g/mol. The highest BCUT2D eigenvalue weighted by Gasteiger charge is 2.24. The maximum atomic E-state index is 12.7. The van der Waals surface area contributed by atoms with E-state index in [1.165, 1.54) is 47.8 Å². The van der Waals surface area contributed by atoms with Gasteiger partial charge in [-0.1, -0.05) is 13.8 Å². The summed E-state index contributed by atoms with van der Waals surface area (Å²) in [4.78, 5) is 30.9. The zero-order valence-corrected chi connectivity index (χ0v) is 20.1. The normalized spacial score (nSPS) is 11.2. The number of benzene rings is 2. The summed E-state index contributed by atoms with van der Waals surface area (Å²) >= 11 is 0. The third-order valence-corrected chi connectivity index (χ3v) is 7.10. The zero-order chi connectivity index (χ0) is 25.6. The Morgan fingerprint density at radius 3 is 1.89 bits per heavy atom. The van der Waals surface area contributed by atoms with Gasteiger partial charge in [-0.2, -0.15) is 4.31 Å². The number of anilines is 4. The molecule has 13 heteroatoms. The summed E-state index contributed by atoms with van der Waals surface area (Å²) in [6.07, 6.45) is 1.15. The van der Waals surface area contributed by atoms with Crippen LogP contribution >= 0.6 is 0 Å². The molecule has 0 aliphatic carbocycles. The molecule has 0 spiro atoms. The second-order valence-electron chi connectivity index (χ2n) is 7.11. The van der Waals surface area contributed by atoms with Gasteiger partial charge >= 0.3 is 11.7 Å². The van der Waals surface area contributed by atoms with Gasteiger partial charge in [0.1, 0.15) is 6.33 Å². The van der Waals surface area contributed by atoms with Gasteiger partial charge in [-0.15, -0.1) is 0 Å². The Hall–Kier alpha value is -4.10. The van der Waals surface area contributed by atoms with Crippen molar-refractivity contribution in [3.8, 4) is 0 Å².